The molecule has 8 fully saturated rings. The summed E-state index contributed by atoms with van der Waals surface area (Å²) in [7, 11) is -6.34. The molecular weight excluding hydrogens is 1080 g/mol. The van der Waals surface area contributed by atoms with Crippen molar-refractivity contribution >= 4 is 45.8 Å². The van der Waals surface area contributed by atoms with Gasteiger partial charge < -0.3 is 42.3 Å². The number of Topliss-reactive ketones (excluding diaryl/α,β-unsaturated/α-hetero) is 1. The molecule has 8 heterocycles. The third-order valence-corrected chi connectivity index (χ3v) is 25.6. The van der Waals surface area contributed by atoms with Gasteiger partial charge >= 0.3 is 5.97 Å². The van der Waals surface area contributed by atoms with E-state index in [1.807, 2.05) is 6.07 Å². The van der Waals surface area contributed by atoms with Crippen molar-refractivity contribution in [2.24, 2.45) is 23.7 Å². The summed E-state index contributed by atoms with van der Waals surface area (Å²) in [5.41, 5.74) is 1.45. The van der Waals surface area contributed by atoms with Crippen LogP contribution in [0.1, 0.15) is 142 Å². The molecule has 426 valence electrons. The van der Waals surface area contributed by atoms with E-state index in [0.29, 0.717) is 68.0 Å². The Bertz CT molecular complexity index is 2510. The fourth-order valence-electron chi connectivity index (χ4n) is 13.2. The summed E-state index contributed by atoms with van der Waals surface area (Å²) in [5, 5.41) is -1.38. The van der Waals surface area contributed by atoms with Crippen LogP contribution in [0.4, 0.5) is 0 Å². The molecule has 13 nitrogen and oxygen atoms in total. The lowest BCUT2D eigenvalue weighted by molar-refractivity contribution is -0.292. The van der Waals surface area contributed by atoms with Gasteiger partial charge in [-0.05, 0) is 109 Å². The quantitative estimate of drug-likeness (QED) is 0.0590. The first-order chi connectivity index (χ1) is 36.5. The number of rotatable bonds is 23. The zero-order valence-corrected chi connectivity index (χ0v) is 50.5. The molecule has 8 aliphatic heterocycles. The summed E-state index contributed by atoms with van der Waals surface area (Å²) in [6, 6.07) is 17.3. The summed E-state index contributed by atoms with van der Waals surface area (Å²) in [6.45, 7) is 29.0. The van der Waals surface area contributed by atoms with E-state index in [1.54, 1.807) is 54.6 Å². The Balaban J connectivity index is 0.968. The number of ether oxygens (including phenoxy) is 8. The monoisotopic (exact) mass is 1170 g/mol. The number of hydrogen-bond acceptors (Lipinski definition) is 13. The highest BCUT2D eigenvalue weighted by Gasteiger charge is 2.69. The largest absolute Gasteiger partial charge is 0.458 e. The Hall–Kier alpha value is -2.61. The highest BCUT2D eigenvalue weighted by atomic mass is 79.9. The second-order valence-electron chi connectivity index (χ2n) is 25.4. The van der Waals surface area contributed by atoms with Gasteiger partial charge in [-0.15, -0.1) is 0 Å². The standard InChI is InChI=1S/C61H87BrO13SSi/c1-12-13-22-42-30-37(3)39(5)49(68-42)33-50-52(40(6)48(71-50)29-36(2)35-67-77(10,11)60(7,8)9)58(76(65,66)45-23-18-15-19-24-45)46(63)32-43-25-26-47-53(69-43)57-56-55(72-47)54-51(73-56)34-61(74-54,75-57)28-27-44(31-38(4)62)70-59(64)41-20-16-14-17-21-41/h14-21,23-24,36-37,40,42-44,47-58H,4-5,12-13,22,25-35H2,1-3,6-11H3/t36-,37+,40-,42-,43+,44+,47-,48+,49+,50?,51?,52+,53?,54-,55-,56?,57-,58?,61-/m0/s1. The van der Waals surface area contributed by atoms with Gasteiger partial charge in [0.1, 0.15) is 41.9 Å². The molecule has 0 aromatic heterocycles. The number of ketones is 1. The van der Waals surface area contributed by atoms with Crippen molar-refractivity contribution in [3.63, 3.8) is 0 Å². The molecule has 8 saturated heterocycles. The lowest BCUT2D eigenvalue weighted by atomic mass is 9.78. The van der Waals surface area contributed by atoms with Crippen molar-refractivity contribution in [2.45, 2.75) is 245 Å². The number of halogens is 1. The van der Waals surface area contributed by atoms with Crippen molar-refractivity contribution < 1.29 is 60.3 Å². The SMILES string of the molecule is C=C(Br)C[C@@H](CC[C@@]12CC3OC4[C@@H](O1)C1O[C@@H](CC(=O)C([C@H]5C(C[C@H]6O[C@@H](CCCC)C[C@@H](C)C6=C)O[C@H](C[C@H](C)CO[Si](C)(C)C(C)(C)C)[C@@H]5C)S(=O)(=O)c5ccccc5)CC[C@@H]1O[C@H]4[C@H]3O2)OC(=O)c1ccccc1. The predicted octanol–water partition coefficient (Wildman–Crippen LogP) is 12.1. The fourth-order valence-corrected chi connectivity index (χ4v) is 16.8. The van der Waals surface area contributed by atoms with Crippen LogP contribution in [0, 0.1) is 23.7 Å². The minimum absolute atomic E-state index is 0.0475. The first kappa shape index (κ1) is 59.0. The van der Waals surface area contributed by atoms with Crippen LogP contribution in [-0.2, 0) is 57.0 Å². The Morgan fingerprint density at radius 3 is 2.23 bits per heavy atom. The fraction of sp³-hybridized carbons (Fsp3) is 0.705. The Labute approximate surface area is 468 Å². The number of sulfone groups is 1. The number of hydrogen-bond donors (Lipinski definition) is 0. The highest BCUT2D eigenvalue weighted by molar-refractivity contribution is 9.11. The number of unbranched alkanes of at least 4 members (excludes halogenated alkanes) is 1. The van der Waals surface area contributed by atoms with Crippen LogP contribution in [0.2, 0.25) is 18.1 Å². The van der Waals surface area contributed by atoms with Crippen molar-refractivity contribution in [1.29, 1.82) is 0 Å². The Morgan fingerprint density at radius 1 is 0.870 bits per heavy atom. The maximum absolute atomic E-state index is 15.7. The average Bonchev–Trinajstić information content (AvgIpc) is 3.99. The smallest absolute Gasteiger partial charge is 0.338 e. The first-order valence-corrected chi connectivity index (χ1v) is 34.1. The molecule has 0 spiro atoms. The van der Waals surface area contributed by atoms with Crippen molar-refractivity contribution in [1.82, 2.24) is 0 Å². The van der Waals surface area contributed by atoms with Gasteiger partial charge in [0.05, 0.1) is 53.2 Å². The number of carbonyl (C=O) groups excluding carboxylic acids is 2. The molecule has 2 aromatic rings. The van der Waals surface area contributed by atoms with E-state index in [4.69, 9.17) is 42.3 Å². The second kappa shape index (κ2) is 24.1. The second-order valence-corrected chi connectivity index (χ2v) is 33.4. The van der Waals surface area contributed by atoms with Gasteiger partial charge in [-0.3, -0.25) is 4.79 Å². The van der Waals surface area contributed by atoms with Gasteiger partial charge in [-0.25, -0.2) is 13.2 Å². The molecule has 0 radical (unpaired) electrons. The van der Waals surface area contributed by atoms with Gasteiger partial charge in [0, 0.05) is 44.6 Å². The van der Waals surface area contributed by atoms with E-state index in [9.17, 15) is 4.79 Å². The lowest BCUT2D eigenvalue weighted by Crippen LogP contribution is -2.62. The summed E-state index contributed by atoms with van der Waals surface area (Å²) < 4.78 is 93.0. The average molecular weight is 1170 g/mol. The molecule has 77 heavy (non-hydrogen) atoms. The van der Waals surface area contributed by atoms with Crippen LogP contribution in [0.15, 0.2) is 88.8 Å². The number of carbonyl (C=O) groups is 2. The molecule has 2 aromatic carbocycles. The van der Waals surface area contributed by atoms with E-state index in [2.05, 4.69) is 90.6 Å². The van der Waals surface area contributed by atoms with E-state index in [1.165, 1.54) is 0 Å². The maximum atomic E-state index is 15.7. The molecule has 0 amide bonds. The minimum atomic E-state index is -4.28. The van der Waals surface area contributed by atoms with E-state index in [0.717, 1.165) is 31.3 Å². The zero-order valence-electron chi connectivity index (χ0n) is 47.1. The molecule has 0 aliphatic carbocycles. The number of benzene rings is 2. The number of fused-ring (bicyclic) bond motifs is 1. The Kier molecular flexibility index (Phi) is 18.5. The molecule has 8 aliphatic rings. The molecule has 6 bridgehead atoms. The highest BCUT2D eigenvalue weighted by Crippen LogP contribution is 2.55. The van der Waals surface area contributed by atoms with Crippen LogP contribution in [0.25, 0.3) is 0 Å². The maximum Gasteiger partial charge on any atom is 0.338 e. The van der Waals surface area contributed by atoms with E-state index >= 15 is 13.2 Å². The molecule has 10 rings (SSSR count). The van der Waals surface area contributed by atoms with Crippen LogP contribution in [-0.4, -0.2) is 125 Å². The summed E-state index contributed by atoms with van der Waals surface area (Å²) in [5.74, 6) is -2.54. The first-order valence-electron chi connectivity index (χ1n) is 28.8. The van der Waals surface area contributed by atoms with Crippen LogP contribution >= 0.6 is 15.9 Å². The van der Waals surface area contributed by atoms with E-state index in [-0.39, 0.29) is 76.8 Å². The molecule has 19 atom stereocenters. The summed E-state index contributed by atoms with van der Waals surface area (Å²) in [6.07, 6.45) is 2.32. The minimum Gasteiger partial charge on any atom is -0.458 e. The third kappa shape index (κ3) is 12.9. The van der Waals surface area contributed by atoms with Gasteiger partial charge in [0.25, 0.3) is 0 Å². The van der Waals surface area contributed by atoms with Crippen LogP contribution < -0.4 is 0 Å². The van der Waals surface area contributed by atoms with Crippen molar-refractivity contribution in [3.8, 4) is 0 Å². The normalized spacial score (nSPS) is 36.0. The topological polar surface area (TPSA) is 151 Å². The molecule has 16 heteroatoms. The van der Waals surface area contributed by atoms with Gasteiger partial charge in [-0.1, -0.05) is 127 Å². The van der Waals surface area contributed by atoms with Gasteiger partial charge in [0.2, 0.25) is 0 Å². The van der Waals surface area contributed by atoms with E-state index < -0.39 is 83.5 Å². The zero-order chi connectivity index (χ0) is 55.2. The summed E-state index contributed by atoms with van der Waals surface area (Å²) in [4.78, 5) is 29.0. The van der Waals surface area contributed by atoms with Gasteiger partial charge in [-0.2, -0.15) is 0 Å². The summed E-state index contributed by atoms with van der Waals surface area (Å²) >= 11 is 3.49. The molecule has 0 N–H and O–H groups in total. The van der Waals surface area contributed by atoms with Crippen molar-refractivity contribution in [3.05, 3.63) is 89.4 Å². The lowest BCUT2D eigenvalue weighted by Gasteiger charge is -2.47. The van der Waals surface area contributed by atoms with Crippen LogP contribution in [0.3, 0.4) is 0 Å². The molecular formula is C61H87BrO13SSi. The van der Waals surface area contributed by atoms with Gasteiger partial charge in [0.15, 0.2) is 29.7 Å². The van der Waals surface area contributed by atoms with Crippen molar-refractivity contribution in [2.75, 3.05) is 6.61 Å². The Morgan fingerprint density at radius 2 is 1.55 bits per heavy atom. The molecule has 5 unspecified atom stereocenters. The third-order valence-electron chi connectivity index (χ3n) is 18.6. The van der Waals surface area contributed by atoms with Crippen LogP contribution in [0.5, 0.6) is 0 Å². The number of esters is 1. The molecule has 0 saturated carbocycles. The predicted molar refractivity (Wildman–Crippen MR) is 301 cm³/mol.